The number of nitrogens with one attached hydrogen (secondary N) is 1. The molecule has 1 unspecified atom stereocenters. The number of aromatic nitrogens is 5. The molecule has 36 heavy (non-hydrogen) atoms. The average Bonchev–Trinajstić information content (AvgIpc) is 3.50. The first-order chi connectivity index (χ1) is 17.5. The molecule has 2 aliphatic rings. The molecule has 3 aromatic rings. The number of benzene rings is 1. The molecule has 10 nitrogen and oxygen atoms in total. The number of rotatable bonds is 9. The summed E-state index contributed by atoms with van der Waals surface area (Å²) >= 11 is 1.48. The summed E-state index contributed by atoms with van der Waals surface area (Å²) in [6.45, 7) is 4.33. The lowest BCUT2D eigenvalue weighted by Crippen LogP contribution is -2.49. The van der Waals surface area contributed by atoms with Crippen LogP contribution < -0.4 is 5.32 Å². The second-order valence-electron chi connectivity index (χ2n) is 8.65. The van der Waals surface area contributed by atoms with Crippen molar-refractivity contribution in [1.29, 1.82) is 0 Å². The third-order valence-electron chi connectivity index (χ3n) is 6.35. The van der Waals surface area contributed by atoms with Crippen LogP contribution in [-0.2, 0) is 16.6 Å². The number of ether oxygens (including phenoxy) is 1. The van der Waals surface area contributed by atoms with Crippen molar-refractivity contribution in [3.63, 3.8) is 0 Å². The fourth-order valence-electron chi connectivity index (χ4n) is 4.48. The lowest BCUT2D eigenvalue weighted by molar-refractivity contribution is -0.139. The lowest BCUT2D eigenvalue weighted by Gasteiger charge is -2.36. The van der Waals surface area contributed by atoms with Crippen LogP contribution in [0.5, 0.6) is 0 Å². The molecule has 3 heterocycles. The van der Waals surface area contributed by atoms with Gasteiger partial charge in [-0.15, -0.1) is 10.2 Å². The zero-order chi connectivity index (χ0) is 25.2. The minimum absolute atomic E-state index is 0.241. The fourth-order valence-corrected chi connectivity index (χ4v) is 5.53. The molecule has 0 saturated heterocycles. The number of hydrogen-bond acceptors (Lipinski definition) is 7. The van der Waals surface area contributed by atoms with Gasteiger partial charge in [-0.1, -0.05) is 42.1 Å². The van der Waals surface area contributed by atoms with Crippen LogP contribution in [0.2, 0.25) is 0 Å². The predicted molar refractivity (Wildman–Crippen MR) is 135 cm³/mol. The Labute approximate surface area is 213 Å². The Morgan fingerprint density at radius 2 is 1.94 bits per heavy atom. The van der Waals surface area contributed by atoms with Crippen molar-refractivity contribution in [2.75, 3.05) is 18.9 Å². The summed E-state index contributed by atoms with van der Waals surface area (Å²) in [5.41, 5.74) is 2.79. The van der Waals surface area contributed by atoms with Crippen LogP contribution in [0.3, 0.4) is 0 Å². The van der Waals surface area contributed by atoms with Crippen LogP contribution >= 0.6 is 11.8 Å². The van der Waals surface area contributed by atoms with E-state index in [0.717, 1.165) is 35.1 Å². The van der Waals surface area contributed by atoms with Crippen molar-refractivity contribution < 1.29 is 14.3 Å². The highest BCUT2D eigenvalue weighted by Crippen LogP contribution is 2.42. The molecular formula is C25H29N7O3S. The van der Waals surface area contributed by atoms with E-state index in [0.29, 0.717) is 29.6 Å². The average molecular weight is 508 g/mol. The number of nitrogens with zero attached hydrogens (tertiary/aromatic N) is 6. The highest BCUT2D eigenvalue weighted by Gasteiger charge is 2.38. The van der Waals surface area contributed by atoms with Gasteiger partial charge in [0.1, 0.15) is 5.69 Å². The summed E-state index contributed by atoms with van der Waals surface area (Å²) < 4.78 is 9.39. The predicted octanol–water partition coefficient (Wildman–Crippen LogP) is 3.71. The van der Waals surface area contributed by atoms with Gasteiger partial charge in [0.05, 0.1) is 18.2 Å². The molecule has 1 atom stereocenters. The van der Waals surface area contributed by atoms with E-state index in [9.17, 15) is 9.59 Å². The molecule has 1 aliphatic carbocycles. The van der Waals surface area contributed by atoms with E-state index in [1.165, 1.54) is 11.8 Å². The van der Waals surface area contributed by atoms with Crippen LogP contribution in [0.1, 0.15) is 44.3 Å². The molecule has 0 spiro atoms. The molecule has 0 radical (unpaired) electrons. The summed E-state index contributed by atoms with van der Waals surface area (Å²) in [5.74, 6) is 0.713. The molecule has 1 N–H and O–H groups in total. The number of thioether (sulfide) groups is 1. The fraction of sp³-hybridized carbons (Fsp3) is 0.400. The van der Waals surface area contributed by atoms with Gasteiger partial charge in [0.2, 0.25) is 0 Å². The highest BCUT2D eigenvalue weighted by atomic mass is 32.2. The molecule has 2 aromatic heterocycles. The first-order valence-corrected chi connectivity index (χ1v) is 13.1. The van der Waals surface area contributed by atoms with E-state index in [-0.39, 0.29) is 12.6 Å². The van der Waals surface area contributed by atoms with Gasteiger partial charge >= 0.3 is 12.0 Å². The molecule has 188 valence electrons. The SMILES string of the molecule is CCOC(=O)C1=C(CSc2nnc(-c3ccnn3C)n2C2CC2)N(CC)C(=O)NC1c1ccccc1. The molecule has 1 aliphatic heterocycles. The minimum atomic E-state index is -0.595. The standard InChI is InChI=1S/C25H29N7O3S/c1-4-31-19(20(23(33)35-5-2)21(27-24(31)34)16-9-7-6-8-10-16)15-36-25-29-28-22(32(25)17-11-12-17)18-13-14-26-30(18)3/h6-10,13-14,17,21H,4-5,11-12,15H2,1-3H3,(H,27,34). The third-order valence-corrected chi connectivity index (χ3v) is 7.30. The topological polar surface area (TPSA) is 107 Å². The molecule has 1 saturated carbocycles. The van der Waals surface area contributed by atoms with E-state index in [1.807, 2.05) is 50.4 Å². The van der Waals surface area contributed by atoms with Crippen LogP contribution in [-0.4, -0.2) is 60.3 Å². The summed E-state index contributed by atoms with van der Waals surface area (Å²) in [6.07, 6.45) is 3.87. The summed E-state index contributed by atoms with van der Waals surface area (Å²) in [6, 6.07) is 10.9. The summed E-state index contributed by atoms with van der Waals surface area (Å²) in [5, 5.41) is 17.0. The van der Waals surface area contributed by atoms with Gasteiger partial charge in [0.25, 0.3) is 0 Å². The minimum Gasteiger partial charge on any atom is -0.463 e. The van der Waals surface area contributed by atoms with E-state index in [2.05, 4.69) is 25.2 Å². The largest absolute Gasteiger partial charge is 0.463 e. The molecule has 1 fully saturated rings. The Morgan fingerprint density at radius 1 is 1.17 bits per heavy atom. The van der Waals surface area contributed by atoms with Crippen molar-refractivity contribution in [3.8, 4) is 11.5 Å². The number of urea groups is 1. The normalized spacial score (nSPS) is 17.9. The van der Waals surface area contributed by atoms with Gasteiger partial charge in [0, 0.05) is 37.3 Å². The Bertz CT molecular complexity index is 1300. The molecule has 2 amide bonds. The molecule has 11 heteroatoms. The van der Waals surface area contributed by atoms with Crippen LogP contribution in [0, 0.1) is 0 Å². The van der Waals surface area contributed by atoms with Gasteiger partial charge in [0.15, 0.2) is 11.0 Å². The number of amides is 2. The van der Waals surface area contributed by atoms with Crippen LogP contribution in [0.4, 0.5) is 4.79 Å². The second kappa shape index (κ2) is 10.2. The first kappa shape index (κ1) is 24.1. The van der Waals surface area contributed by atoms with Gasteiger partial charge in [-0.3, -0.25) is 14.1 Å². The number of carbonyl (C=O) groups excluding carboxylic acids is 2. The highest BCUT2D eigenvalue weighted by molar-refractivity contribution is 7.99. The third kappa shape index (κ3) is 4.50. The number of aryl methyl sites for hydroxylation is 1. The van der Waals surface area contributed by atoms with E-state index >= 15 is 0 Å². The number of esters is 1. The second-order valence-corrected chi connectivity index (χ2v) is 9.60. The maximum Gasteiger partial charge on any atom is 0.338 e. The van der Waals surface area contributed by atoms with Gasteiger partial charge < -0.3 is 10.1 Å². The monoisotopic (exact) mass is 507 g/mol. The van der Waals surface area contributed by atoms with E-state index in [4.69, 9.17) is 4.74 Å². The summed E-state index contributed by atoms with van der Waals surface area (Å²) in [4.78, 5) is 28.0. The van der Waals surface area contributed by atoms with Crippen molar-refractivity contribution in [2.45, 2.75) is 43.9 Å². The van der Waals surface area contributed by atoms with Gasteiger partial charge in [-0.05, 0) is 38.3 Å². The van der Waals surface area contributed by atoms with E-state index < -0.39 is 12.0 Å². The van der Waals surface area contributed by atoms with Gasteiger partial charge in [-0.2, -0.15) is 5.10 Å². The van der Waals surface area contributed by atoms with Gasteiger partial charge in [-0.25, -0.2) is 9.59 Å². The van der Waals surface area contributed by atoms with Crippen molar-refractivity contribution >= 4 is 23.8 Å². The van der Waals surface area contributed by atoms with E-state index in [1.54, 1.807) is 22.7 Å². The Kier molecular flexibility index (Phi) is 6.82. The maximum atomic E-state index is 13.2. The van der Waals surface area contributed by atoms with Crippen LogP contribution in [0.15, 0.2) is 59.0 Å². The molecular weight excluding hydrogens is 478 g/mol. The van der Waals surface area contributed by atoms with Crippen molar-refractivity contribution in [3.05, 3.63) is 59.4 Å². The van der Waals surface area contributed by atoms with Crippen molar-refractivity contribution in [2.24, 2.45) is 7.05 Å². The molecule has 5 rings (SSSR count). The smallest absolute Gasteiger partial charge is 0.338 e. The Balaban J connectivity index is 1.54. The first-order valence-electron chi connectivity index (χ1n) is 12.1. The molecule has 0 bridgehead atoms. The summed E-state index contributed by atoms with van der Waals surface area (Å²) in [7, 11) is 1.88. The Hall–Kier alpha value is -3.60. The Morgan fingerprint density at radius 3 is 2.58 bits per heavy atom. The molecule has 1 aromatic carbocycles. The number of carbonyl (C=O) groups is 2. The quantitative estimate of drug-likeness (QED) is 0.348. The zero-order valence-corrected chi connectivity index (χ0v) is 21.4. The number of hydrogen-bond donors (Lipinski definition) is 1. The van der Waals surface area contributed by atoms with Crippen LogP contribution in [0.25, 0.3) is 11.5 Å². The van der Waals surface area contributed by atoms with Crippen molar-refractivity contribution in [1.82, 2.24) is 34.8 Å². The maximum absolute atomic E-state index is 13.2. The zero-order valence-electron chi connectivity index (χ0n) is 20.5. The lowest BCUT2D eigenvalue weighted by atomic mass is 9.95.